The SMILES string of the molecule is N#CCCn1cnc2cc(-c3cc(C4CC4)cc(N(C(=O)O)c4cc(C#N)ccn4)n3)ccc21. The number of amides is 1. The van der Waals surface area contributed by atoms with Crippen LogP contribution in [0, 0.1) is 22.7 Å². The summed E-state index contributed by atoms with van der Waals surface area (Å²) in [6, 6.07) is 16.7. The summed E-state index contributed by atoms with van der Waals surface area (Å²) < 4.78 is 1.93. The Bertz CT molecular complexity index is 1490. The van der Waals surface area contributed by atoms with Gasteiger partial charge in [0.15, 0.2) is 0 Å². The zero-order valence-corrected chi connectivity index (χ0v) is 18.1. The number of carboxylic acid groups (broad SMARTS) is 1. The summed E-state index contributed by atoms with van der Waals surface area (Å²) >= 11 is 0. The first-order valence-electron chi connectivity index (χ1n) is 10.8. The van der Waals surface area contributed by atoms with E-state index >= 15 is 0 Å². The summed E-state index contributed by atoms with van der Waals surface area (Å²) in [5, 5.41) is 28.1. The van der Waals surface area contributed by atoms with Crippen molar-refractivity contribution in [3.05, 3.63) is 66.1 Å². The Hall–Kier alpha value is -4.76. The summed E-state index contributed by atoms with van der Waals surface area (Å²) in [5.41, 5.74) is 4.47. The topological polar surface area (TPSA) is 132 Å². The fourth-order valence-electron chi connectivity index (χ4n) is 3.95. The standard InChI is InChI=1S/C25H19N7O2/c26-7-1-9-31-15-29-21-11-18(4-5-22(21)31)20-12-19(17-2-3-17)13-24(30-20)32(25(33)34)23-10-16(14-27)6-8-28-23/h4-6,8,10-13,15,17H,1-3,9H2,(H,33,34). The number of hydrogen-bond acceptors (Lipinski definition) is 6. The fraction of sp³-hybridized carbons (Fsp3) is 0.200. The van der Waals surface area contributed by atoms with E-state index in [0.717, 1.165) is 39.9 Å². The second-order valence-corrected chi connectivity index (χ2v) is 8.10. The smallest absolute Gasteiger partial charge is 0.418 e. The lowest BCUT2D eigenvalue weighted by atomic mass is 10.1. The van der Waals surface area contributed by atoms with Crippen molar-refractivity contribution in [1.29, 1.82) is 10.5 Å². The van der Waals surface area contributed by atoms with Crippen molar-refractivity contribution >= 4 is 28.8 Å². The maximum atomic E-state index is 12.2. The first-order valence-corrected chi connectivity index (χ1v) is 10.8. The van der Waals surface area contributed by atoms with Gasteiger partial charge in [-0.25, -0.2) is 24.6 Å². The highest BCUT2D eigenvalue weighted by atomic mass is 16.4. The van der Waals surface area contributed by atoms with E-state index in [2.05, 4.69) is 21.0 Å². The number of benzene rings is 1. The van der Waals surface area contributed by atoms with Gasteiger partial charge in [0, 0.05) is 18.3 Å². The summed E-state index contributed by atoms with van der Waals surface area (Å²) in [5.74, 6) is 0.710. The van der Waals surface area contributed by atoms with Gasteiger partial charge in [0.1, 0.15) is 11.6 Å². The third kappa shape index (κ3) is 4.03. The third-order valence-electron chi connectivity index (χ3n) is 5.79. The number of aromatic nitrogens is 4. The van der Waals surface area contributed by atoms with Gasteiger partial charge in [-0.3, -0.25) is 0 Å². The van der Waals surface area contributed by atoms with Crippen molar-refractivity contribution < 1.29 is 9.90 Å². The molecule has 0 spiro atoms. The predicted molar refractivity (Wildman–Crippen MR) is 124 cm³/mol. The number of anilines is 2. The minimum atomic E-state index is -1.24. The molecule has 1 aliphatic carbocycles. The second kappa shape index (κ2) is 8.64. The molecule has 0 unspecified atom stereocenters. The van der Waals surface area contributed by atoms with Crippen molar-refractivity contribution in [2.24, 2.45) is 0 Å². The maximum absolute atomic E-state index is 12.2. The molecule has 9 nitrogen and oxygen atoms in total. The van der Waals surface area contributed by atoms with Crippen LogP contribution in [0.25, 0.3) is 22.3 Å². The Balaban J connectivity index is 1.60. The van der Waals surface area contributed by atoms with Crippen LogP contribution in [0.5, 0.6) is 0 Å². The van der Waals surface area contributed by atoms with Crippen molar-refractivity contribution in [2.75, 3.05) is 4.90 Å². The predicted octanol–water partition coefficient (Wildman–Crippen LogP) is 4.97. The largest absolute Gasteiger partial charge is 0.464 e. The normalized spacial score (nSPS) is 12.8. The van der Waals surface area contributed by atoms with Crippen molar-refractivity contribution in [2.45, 2.75) is 31.7 Å². The molecule has 1 aliphatic rings. The molecule has 3 aromatic heterocycles. The van der Waals surface area contributed by atoms with Crippen LogP contribution in [-0.4, -0.2) is 30.7 Å². The zero-order chi connectivity index (χ0) is 23.7. The molecule has 5 rings (SSSR count). The van der Waals surface area contributed by atoms with Gasteiger partial charge in [0.25, 0.3) is 0 Å². The van der Waals surface area contributed by atoms with Gasteiger partial charge >= 0.3 is 6.09 Å². The van der Waals surface area contributed by atoms with E-state index in [1.165, 1.54) is 18.3 Å². The lowest BCUT2D eigenvalue weighted by molar-refractivity contribution is 0.204. The van der Waals surface area contributed by atoms with Gasteiger partial charge < -0.3 is 9.67 Å². The number of nitriles is 2. The Labute approximate surface area is 195 Å². The van der Waals surface area contributed by atoms with E-state index in [9.17, 15) is 15.2 Å². The van der Waals surface area contributed by atoms with E-state index < -0.39 is 6.09 Å². The van der Waals surface area contributed by atoms with Crippen molar-refractivity contribution in [3.8, 4) is 23.4 Å². The monoisotopic (exact) mass is 449 g/mol. The number of pyridine rings is 2. The molecular formula is C25H19N7O2. The van der Waals surface area contributed by atoms with E-state index in [0.29, 0.717) is 30.1 Å². The van der Waals surface area contributed by atoms with E-state index in [-0.39, 0.29) is 11.6 Å². The van der Waals surface area contributed by atoms with Gasteiger partial charge in [-0.2, -0.15) is 10.5 Å². The number of hydrogen-bond donors (Lipinski definition) is 1. The molecule has 166 valence electrons. The molecule has 1 amide bonds. The van der Waals surface area contributed by atoms with Gasteiger partial charge in [-0.15, -0.1) is 0 Å². The minimum Gasteiger partial charge on any atom is -0.464 e. The van der Waals surface area contributed by atoms with Crippen LogP contribution >= 0.6 is 0 Å². The highest BCUT2D eigenvalue weighted by molar-refractivity contribution is 5.93. The summed E-state index contributed by atoms with van der Waals surface area (Å²) in [6.07, 6.45) is 4.37. The number of carbonyl (C=O) groups is 1. The van der Waals surface area contributed by atoms with Crippen molar-refractivity contribution in [3.63, 3.8) is 0 Å². The van der Waals surface area contributed by atoms with Crippen LogP contribution < -0.4 is 4.90 Å². The van der Waals surface area contributed by atoms with Gasteiger partial charge in [-0.05, 0) is 60.7 Å². The molecule has 4 aromatic rings. The minimum absolute atomic E-state index is 0.115. The average molecular weight is 449 g/mol. The summed E-state index contributed by atoms with van der Waals surface area (Å²) in [4.78, 5) is 26.5. The van der Waals surface area contributed by atoms with Crippen LogP contribution in [0.4, 0.5) is 16.4 Å². The lowest BCUT2D eigenvalue weighted by Gasteiger charge is -2.19. The van der Waals surface area contributed by atoms with Crippen LogP contribution in [0.1, 0.15) is 36.3 Å². The zero-order valence-electron chi connectivity index (χ0n) is 18.1. The fourth-order valence-corrected chi connectivity index (χ4v) is 3.95. The van der Waals surface area contributed by atoms with Gasteiger partial charge in [0.05, 0.1) is 47.2 Å². The molecule has 1 saturated carbocycles. The molecule has 0 bridgehead atoms. The molecular weight excluding hydrogens is 430 g/mol. The molecule has 1 fully saturated rings. The number of nitrogens with zero attached hydrogens (tertiary/aromatic N) is 7. The molecule has 3 heterocycles. The van der Waals surface area contributed by atoms with Crippen LogP contribution in [-0.2, 0) is 6.54 Å². The molecule has 0 radical (unpaired) electrons. The van der Waals surface area contributed by atoms with Gasteiger partial charge in [-0.1, -0.05) is 6.07 Å². The Morgan fingerprint density at radius 3 is 2.71 bits per heavy atom. The molecule has 0 saturated heterocycles. The third-order valence-corrected chi connectivity index (χ3v) is 5.79. The lowest BCUT2D eigenvalue weighted by Crippen LogP contribution is -2.26. The Morgan fingerprint density at radius 1 is 1.12 bits per heavy atom. The maximum Gasteiger partial charge on any atom is 0.418 e. The highest BCUT2D eigenvalue weighted by Gasteiger charge is 2.28. The molecule has 0 atom stereocenters. The van der Waals surface area contributed by atoms with Crippen LogP contribution in [0.2, 0.25) is 0 Å². The van der Waals surface area contributed by atoms with E-state index in [1.54, 1.807) is 12.4 Å². The van der Waals surface area contributed by atoms with Crippen LogP contribution in [0.15, 0.2) is 55.0 Å². The molecule has 34 heavy (non-hydrogen) atoms. The van der Waals surface area contributed by atoms with E-state index in [1.807, 2.05) is 34.9 Å². The van der Waals surface area contributed by atoms with Crippen LogP contribution in [0.3, 0.4) is 0 Å². The average Bonchev–Trinajstić information content (AvgIpc) is 3.63. The van der Waals surface area contributed by atoms with Crippen molar-refractivity contribution in [1.82, 2.24) is 19.5 Å². The Morgan fingerprint density at radius 2 is 1.97 bits per heavy atom. The number of rotatable bonds is 6. The molecule has 1 N–H and O–H groups in total. The number of fused-ring (bicyclic) bond motifs is 1. The highest BCUT2D eigenvalue weighted by Crippen LogP contribution is 2.42. The number of aryl methyl sites for hydroxylation is 1. The number of imidazole rings is 1. The summed E-state index contributed by atoms with van der Waals surface area (Å²) in [7, 11) is 0. The molecule has 0 aliphatic heterocycles. The first-order chi connectivity index (χ1) is 16.6. The van der Waals surface area contributed by atoms with Gasteiger partial charge in [0.2, 0.25) is 0 Å². The molecule has 1 aromatic carbocycles. The second-order valence-electron chi connectivity index (χ2n) is 8.10. The van der Waals surface area contributed by atoms with E-state index in [4.69, 9.17) is 5.26 Å². The quantitative estimate of drug-likeness (QED) is 0.439. The Kier molecular flexibility index (Phi) is 5.36. The molecule has 9 heteroatoms. The summed E-state index contributed by atoms with van der Waals surface area (Å²) in [6.45, 7) is 0.564. The first kappa shape index (κ1) is 21.1.